The number of anilines is 1. The molecule has 5 aromatic rings. The molecule has 2 N–H and O–H groups in total. The molecule has 1 unspecified atom stereocenters. The summed E-state index contributed by atoms with van der Waals surface area (Å²) in [6.07, 6.45) is -0.216. The van der Waals surface area contributed by atoms with Crippen LogP contribution < -0.4 is 5.32 Å². The standard InChI is InChI=1S/C28H21N3O/c32-22-15-9-14-21(18-22)27-29-24-17-8-7-16-23(24)28-30-25(19-10-3-1-4-11-19)26(31(27)28)20-12-5-2-6-13-20/h1-18,27,29,32H. The van der Waals surface area contributed by atoms with Gasteiger partial charge >= 0.3 is 0 Å². The third kappa shape index (κ3) is 2.96. The zero-order chi connectivity index (χ0) is 21.5. The van der Waals surface area contributed by atoms with Crippen LogP contribution in [0.4, 0.5) is 5.69 Å². The molecule has 4 nitrogen and oxygen atoms in total. The van der Waals surface area contributed by atoms with Gasteiger partial charge in [0.25, 0.3) is 0 Å². The summed E-state index contributed by atoms with van der Waals surface area (Å²) in [4.78, 5) is 5.20. The second-order valence-electron chi connectivity index (χ2n) is 7.92. The van der Waals surface area contributed by atoms with Crippen LogP contribution in [0, 0.1) is 0 Å². The van der Waals surface area contributed by atoms with Crippen molar-refractivity contribution in [1.82, 2.24) is 9.55 Å². The van der Waals surface area contributed by atoms with E-state index in [0.29, 0.717) is 0 Å². The number of rotatable bonds is 3. The summed E-state index contributed by atoms with van der Waals surface area (Å²) in [6, 6.07) is 36.4. The molecule has 0 fully saturated rings. The minimum Gasteiger partial charge on any atom is -0.508 e. The third-order valence-electron chi connectivity index (χ3n) is 5.91. The Morgan fingerprint density at radius 1 is 0.719 bits per heavy atom. The molecule has 2 heterocycles. The van der Waals surface area contributed by atoms with Gasteiger partial charge in [0.05, 0.1) is 11.4 Å². The van der Waals surface area contributed by atoms with Crippen LogP contribution in [-0.2, 0) is 0 Å². The summed E-state index contributed by atoms with van der Waals surface area (Å²) in [6.45, 7) is 0. The van der Waals surface area contributed by atoms with Crippen LogP contribution in [0.15, 0.2) is 109 Å². The number of aromatic hydroxyl groups is 1. The van der Waals surface area contributed by atoms with Crippen LogP contribution in [0.25, 0.3) is 33.9 Å². The summed E-state index contributed by atoms with van der Waals surface area (Å²) >= 11 is 0. The van der Waals surface area contributed by atoms with Crippen molar-refractivity contribution in [2.45, 2.75) is 6.17 Å². The Kier molecular flexibility index (Phi) is 4.29. The van der Waals surface area contributed by atoms with Gasteiger partial charge in [-0.2, -0.15) is 0 Å². The Morgan fingerprint density at radius 3 is 2.16 bits per heavy atom. The van der Waals surface area contributed by atoms with Crippen molar-refractivity contribution in [2.75, 3.05) is 5.32 Å². The number of nitrogens with zero attached hydrogens (tertiary/aromatic N) is 2. The molecule has 0 saturated carbocycles. The normalized spacial score (nSPS) is 14.3. The number of hydrogen-bond acceptors (Lipinski definition) is 3. The van der Waals surface area contributed by atoms with E-state index in [4.69, 9.17) is 4.98 Å². The molecule has 6 rings (SSSR count). The van der Waals surface area contributed by atoms with Crippen LogP contribution in [0.1, 0.15) is 11.7 Å². The molecule has 4 aromatic carbocycles. The molecule has 0 saturated heterocycles. The highest BCUT2D eigenvalue weighted by atomic mass is 16.3. The Morgan fingerprint density at radius 2 is 1.41 bits per heavy atom. The van der Waals surface area contributed by atoms with Crippen molar-refractivity contribution in [1.29, 1.82) is 0 Å². The fraction of sp³-hybridized carbons (Fsp3) is 0.0357. The predicted molar refractivity (Wildman–Crippen MR) is 128 cm³/mol. The summed E-state index contributed by atoms with van der Waals surface area (Å²) in [5.74, 6) is 1.15. The van der Waals surface area contributed by atoms with Gasteiger partial charge in [-0.05, 0) is 29.8 Å². The summed E-state index contributed by atoms with van der Waals surface area (Å²) in [5.41, 5.74) is 7.20. The smallest absolute Gasteiger partial charge is 0.145 e. The maximum absolute atomic E-state index is 10.2. The number of benzene rings is 4. The zero-order valence-electron chi connectivity index (χ0n) is 17.3. The van der Waals surface area contributed by atoms with Crippen LogP contribution >= 0.6 is 0 Å². The zero-order valence-corrected chi connectivity index (χ0v) is 17.3. The van der Waals surface area contributed by atoms with Crippen LogP contribution in [0.2, 0.25) is 0 Å². The van der Waals surface area contributed by atoms with Gasteiger partial charge < -0.3 is 10.4 Å². The minimum atomic E-state index is -0.216. The molecule has 0 amide bonds. The van der Waals surface area contributed by atoms with E-state index in [1.165, 1.54) is 0 Å². The average molecular weight is 415 g/mol. The Hall–Kier alpha value is -4.31. The van der Waals surface area contributed by atoms with E-state index in [0.717, 1.165) is 45.2 Å². The van der Waals surface area contributed by atoms with E-state index in [9.17, 15) is 5.11 Å². The van der Waals surface area contributed by atoms with Gasteiger partial charge in [-0.25, -0.2) is 4.98 Å². The minimum absolute atomic E-state index is 0.216. The van der Waals surface area contributed by atoms with Crippen LogP contribution in [0.3, 0.4) is 0 Å². The topological polar surface area (TPSA) is 50.1 Å². The summed E-state index contributed by atoms with van der Waals surface area (Å²) < 4.78 is 2.26. The molecule has 0 aliphatic carbocycles. The molecule has 0 bridgehead atoms. The fourth-order valence-electron chi connectivity index (χ4n) is 4.49. The number of aromatic nitrogens is 2. The van der Waals surface area contributed by atoms with Gasteiger partial charge in [-0.1, -0.05) is 84.9 Å². The molecular formula is C28H21N3O. The second kappa shape index (κ2) is 7.43. The SMILES string of the molecule is Oc1cccc(C2Nc3ccccc3-c3nc(-c4ccccc4)c(-c4ccccc4)n32)c1. The molecule has 4 heteroatoms. The molecule has 154 valence electrons. The van der Waals surface area contributed by atoms with Crippen molar-refractivity contribution in [2.24, 2.45) is 0 Å². The van der Waals surface area contributed by atoms with Crippen molar-refractivity contribution in [3.63, 3.8) is 0 Å². The van der Waals surface area contributed by atoms with Crippen LogP contribution in [-0.4, -0.2) is 14.7 Å². The number of imidazole rings is 1. The fourth-order valence-corrected chi connectivity index (χ4v) is 4.49. The molecule has 0 radical (unpaired) electrons. The number of phenolic OH excluding ortho intramolecular Hbond substituents is 1. The first-order valence-electron chi connectivity index (χ1n) is 10.7. The van der Waals surface area contributed by atoms with Crippen molar-refractivity contribution in [3.05, 3.63) is 115 Å². The van der Waals surface area contributed by atoms with Gasteiger partial charge in [-0.15, -0.1) is 0 Å². The largest absolute Gasteiger partial charge is 0.508 e. The van der Waals surface area contributed by atoms with Crippen molar-refractivity contribution in [3.8, 4) is 39.7 Å². The molecular weight excluding hydrogens is 394 g/mol. The molecule has 32 heavy (non-hydrogen) atoms. The quantitative estimate of drug-likeness (QED) is 0.351. The monoisotopic (exact) mass is 415 g/mol. The van der Waals surface area contributed by atoms with Gasteiger partial charge in [0, 0.05) is 22.4 Å². The lowest BCUT2D eigenvalue weighted by atomic mass is 10.0. The van der Waals surface area contributed by atoms with Crippen molar-refractivity contribution >= 4 is 5.69 Å². The first-order chi connectivity index (χ1) is 15.8. The van der Waals surface area contributed by atoms with E-state index in [1.54, 1.807) is 6.07 Å². The first-order valence-corrected chi connectivity index (χ1v) is 10.7. The van der Waals surface area contributed by atoms with Gasteiger partial charge in [0.1, 0.15) is 17.7 Å². The van der Waals surface area contributed by atoms with Crippen molar-refractivity contribution < 1.29 is 5.11 Å². The highest BCUT2D eigenvalue weighted by Crippen LogP contribution is 2.45. The van der Waals surface area contributed by atoms with E-state index in [1.807, 2.05) is 54.6 Å². The van der Waals surface area contributed by atoms with Gasteiger partial charge in [-0.3, -0.25) is 4.57 Å². The Labute approximate surface area is 186 Å². The molecule has 1 aliphatic rings. The highest BCUT2D eigenvalue weighted by Gasteiger charge is 2.31. The maximum Gasteiger partial charge on any atom is 0.145 e. The number of fused-ring (bicyclic) bond motifs is 3. The van der Waals surface area contributed by atoms with Crippen LogP contribution in [0.5, 0.6) is 5.75 Å². The summed E-state index contributed by atoms with van der Waals surface area (Å²) in [5, 5.41) is 13.9. The lowest BCUT2D eigenvalue weighted by Gasteiger charge is -2.31. The summed E-state index contributed by atoms with van der Waals surface area (Å²) in [7, 11) is 0. The first kappa shape index (κ1) is 18.5. The van der Waals surface area contributed by atoms with Gasteiger partial charge in [0.2, 0.25) is 0 Å². The number of phenols is 1. The van der Waals surface area contributed by atoms with E-state index >= 15 is 0 Å². The second-order valence-corrected chi connectivity index (χ2v) is 7.92. The Balaban J connectivity index is 1.70. The maximum atomic E-state index is 10.2. The third-order valence-corrected chi connectivity index (χ3v) is 5.91. The number of hydrogen-bond donors (Lipinski definition) is 2. The average Bonchev–Trinajstić information content (AvgIpc) is 3.26. The Bertz CT molecular complexity index is 1410. The number of para-hydroxylation sites is 1. The van der Waals surface area contributed by atoms with E-state index < -0.39 is 0 Å². The molecule has 1 aromatic heterocycles. The number of nitrogens with one attached hydrogen (secondary N) is 1. The molecule has 0 spiro atoms. The van der Waals surface area contributed by atoms with E-state index in [-0.39, 0.29) is 11.9 Å². The molecule has 1 atom stereocenters. The lowest BCUT2D eigenvalue weighted by molar-refractivity contribution is 0.473. The highest BCUT2D eigenvalue weighted by molar-refractivity contribution is 5.86. The van der Waals surface area contributed by atoms with Gasteiger partial charge in [0.15, 0.2) is 0 Å². The predicted octanol–water partition coefficient (Wildman–Crippen LogP) is 6.56. The molecule has 1 aliphatic heterocycles. The lowest BCUT2D eigenvalue weighted by Crippen LogP contribution is -2.25. The van der Waals surface area contributed by atoms with E-state index in [2.05, 4.69) is 58.4 Å².